The van der Waals surface area contributed by atoms with Crippen LogP contribution in [0.4, 0.5) is 0 Å². The highest BCUT2D eigenvalue weighted by Crippen LogP contribution is 2.42. The fourth-order valence-electron chi connectivity index (χ4n) is 3.89. The smallest absolute Gasteiger partial charge is 0.0705 e. The maximum atomic E-state index is 6.80. The van der Waals surface area contributed by atoms with Crippen LogP contribution in [0.5, 0.6) is 0 Å². The van der Waals surface area contributed by atoms with Crippen LogP contribution in [0, 0.1) is 0 Å². The summed E-state index contributed by atoms with van der Waals surface area (Å²) in [5.41, 5.74) is 9.14. The molecule has 1 aromatic heterocycles. The summed E-state index contributed by atoms with van der Waals surface area (Å²) in [5.74, 6) is 0. The van der Waals surface area contributed by atoms with Gasteiger partial charge >= 0.3 is 0 Å². The van der Waals surface area contributed by atoms with E-state index in [4.69, 9.17) is 5.73 Å². The number of rotatable bonds is 3. The van der Waals surface area contributed by atoms with E-state index in [9.17, 15) is 0 Å². The highest BCUT2D eigenvalue weighted by Gasteiger charge is 2.41. The topological polar surface area (TPSA) is 42.1 Å². The van der Waals surface area contributed by atoms with E-state index in [0.717, 1.165) is 5.52 Å². The third-order valence-electron chi connectivity index (χ3n) is 5.20. The molecule has 3 heteroatoms. The molecule has 3 nitrogen and oxygen atoms in total. The van der Waals surface area contributed by atoms with E-state index < -0.39 is 0 Å². The predicted octanol–water partition coefficient (Wildman–Crippen LogP) is 3.50. The van der Waals surface area contributed by atoms with Gasteiger partial charge in [0.1, 0.15) is 0 Å². The molecule has 1 unspecified atom stereocenters. The van der Waals surface area contributed by atoms with Crippen molar-refractivity contribution in [2.75, 3.05) is 14.1 Å². The number of aromatic nitrogens is 1. The van der Waals surface area contributed by atoms with Crippen molar-refractivity contribution in [2.45, 2.75) is 43.7 Å². The molecule has 0 bridgehead atoms. The van der Waals surface area contributed by atoms with Crippen LogP contribution in [-0.4, -0.2) is 29.5 Å². The van der Waals surface area contributed by atoms with Crippen molar-refractivity contribution in [1.82, 2.24) is 9.88 Å². The molecule has 1 aliphatic carbocycles. The van der Waals surface area contributed by atoms with Gasteiger partial charge in [0.05, 0.1) is 5.52 Å². The Morgan fingerprint density at radius 2 is 1.86 bits per heavy atom. The van der Waals surface area contributed by atoms with Crippen LogP contribution in [0.25, 0.3) is 10.9 Å². The standard InChI is InChI=1S/C18H25N3/c1-21(2)18(11-4-3-5-12-18)17(19)15-8-6-10-16-14(15)9-7-13-20-16/h6-10,13,17H,3-5,11-12,19H2,1-2H3. The van der Waals surface area contributed by atoms with Crippen LogP contribution in [-0.2, 0) is 0 Å². The molecule has 1 fully saturated rings. The Bertz CT molecular complexity index is 609. The Morgan fingerprint density at radius 1 is 1.10 bits per heavy atom. The summed E-state index contributed by atoms with van der Waals surface area (Å²) < 4.78 is 0. The Labute approximate surface area is 127 Å². The molecule has 0 radical (unpaired) electrons. The fraction of sp³-hybridized carbons (Fsp3) is 0.500. The summed E-state index contributed by atoms with van der Waals surface area (Å²) in [7, 11) is 4.35. The third kappa shape index (κ3) is 2.45. The highest BCUT2D eigenvalue weighted by molar-refractivity contribution is 5.82. The molecule has 21 heavy (non-hydrogen) atoms. The van der Waals surface area contributed by atoms with Crippen LogP contribution in [0.3, 0.4) is 0 Å². The van der Waals surface area contributed by atoms with Crippen LogP contribution >= 0.6 is 0 Å². The molecule has 1 aromatic carbocycles. The third-order valence-corrected chi connectivity index (χ3v) is 5.20. The Morgan fingerprint density at radius 3 is 2.57 bits per heavy atom. The van der Waals surface area contributed by atoms with Crippen molar-refractivity contribution >= 4 is 10.9 Å². The second-order valence-corrected chi connectivity index (χ2v) is 6.45. The molecule has 1 atom stereocenters. The van der Waals surface area contributed by atoms with Crippen molar-refractivity contribution in [2.24, 2.45) is 5.73 Å². The van der Waals surface area contributed by atoms with Gasteiger partial charge < -0.3 is 10.6 Å². The van der Waals surface area contributed by atoms with Crippen molar-refractivity contribution in [1.29, 1.82) is 0 Å². The zero-order valence-electron chi connectivity index (χ0n) is 13.0. The largest absolute Gasteiger partial charge is 0.322 e. The second kappa shape index (κ2) is 5.74. The Kier molecular flexibility index (Phi) is 3.96. The maximum Gasteiger partial charge on any atom is 0.0705 e. The van der Waals surface area contributed by atoms with Crippen LogP contribution < -0.4 is 5.73 Å². The summed E-state index contributed by atoms with van der Waals surface area (Å²) in [4.78, 5) is 6.82. The van der Waals surface area contributed by atoms with E-state index in [-0.39, 0.29) is 11.6 Å². The van der Waals surface area contributed by atoms with Crippen LogP contribution in [0.1, 0.15) is 43.7 Å². The summed E-state index contributed by atoms with van der Waals surface area (Å²) in [6, 6.07) is 10.5. The fourth-order valence-corrected chi connectivity index (χ4v) is 3.89. The monoisotopic (exact) mass is 283 g/mol. The molecule has 2 N–H and O–H groups in total. The number of hydrogen-bond acceptors (Lipinski definition) is 3. The van der Waals surface area contributed by atoms with Gasteiger partial charge in [-0.05, 0) is 44.6 Å². The number of hydrogen-bond donors (Lipinski definition) is 1. The van der Waals surface area contributed by atoms with Gasteiger partial charge in [0.2, 0.25) is 0 Å². The minimum Gasteiger partial charge on any atom is -0.322 e. The van der Waals surface area contributed by atoms with E-state index in [2.05, 4.69) is 48.2 Å². The lowest BCUT2D eigenvalue weighted by Crippen LogP contribution is -2.53. The van der Waals surface area contributed by atoms with Crippen molar-refractivity contribution in [3.05, 3.63) is 42.1 Å². The van der Waals surface area contributed by atoms with Crippen molar-refractivity contribution in [3.63, 3.8) is 0 Å². The minimum absolute atomic E-state index is 0.0284. The summed E-state index contributed by atoms with van der Waals surface area (Å²) >= 11 is 0. The van der Waals surface area contributed by atoms with Gasteiger partial charge in [0.15, 0.2) is 0 Å². The lowest BCUT2D eigenvalue weighted by molar-refractivity contribution is 0.0718. The molecule has 3 rings (SSSR count). The van der Waals surface area contributed by atoms with E-state index in [1.54, 1.807) is 0 Å². The van der Waals surface area contributed by atoms with E-state index in [1.165, 1.54) is 43.1 Å². The first kappa shape index (κ1) is 14.5. The van der Waals surface area contributed by atoms with Gasteiger partial charge in [-0.2, -0.15) is 0 Å². The SMILES string of the molecule is CN(C)C1(C(N)c2cccc3ncccc23)CCCCC1. The first-order valence-corrected chi connectivity index (χ1v) is 7.92. The van der Waals surface area contributed by atoms with Crippen LogP contribution in [0.2, 0.25) is 0 Å². The molecule has 0 amide bonds. The number of fused-ring (bicyclic) bond motifs is 1. The second-order valence-electron chi connectivity index (χ2n) is 6.45. The van der Waals surface area contributed by atoms with Crippen molar-refractivity contribution < 1.29 is 0 Å². The quantitative estimate of drug-likeness (QED) is 0.937. The minimum atomic E-state index is 0.0284. The zero-order chi connectivity index (χ0) is 14.9. The predicted molar refractivity (Wildman–Crippen MR) is 88.2 cm³/mol. The van der Waals surface area contributed by atoms with Gasteiger partial charge in [0.25, 0.3) is 0 Å². The first-order chi connectivity index (χ1) is 10.1. The molecule has 0 saturated heterocycles. The van der Waals surface area contributed by atoms with Crippen molar-refractivity contribution in [3.8, 4) is 0 Å². The van der Waals surface area contributed by atoms with E-state index in [1.807, 2.05) is 12.3 Å². The summed E-state index contributed by atoms with van der Waals surface area (Å²) in [6.45, 7) is 0. The van der Waals surface area contributed by atoms with Gasteiger partial charge in [-0.1, -0.05) is 37.5 Å². The molecule has 112 valence electrons. The molecule has 0 spiro atoms. The summed E-state index contributed by atoms with van der Waals surface area (Å²) in [5, 5.41) is 1.19. The van der Waals surface area contributed by atoms with Gasteiger partial charge in [-0.15, -0.1) is 0 Å². The van der Waals surface area contributed by atoms with Crippen LogP contribution in [0.15, 0.2) is 36.5 Å². The number of likely N-dealkylation sites (N-methyl/N-ethyl adjacent to an activating group) is 1. The average Bonchev–Trinajstić information content (AvgIpc) is 2.54. The Balaban J connectivity index is 2.08. The number of nitrogens with zero attached hydrogens (tertiary/aromatic N) is 2. The van der Waals surface area contributed by atoms with Gasteiger partial charge in [-0.25, -0.2) is 0 Å². The van der Waals surface area contributed by atoms with Gasteiger partial charge in [0, 0.05) is 23.2 Å². The number of pyridine rings is 1. The van der Waals surface area contributed by atoms with E-state index in [0.29, 0.717) is 0 Å². The lowest BCUT2D eigenvalue weighted by atomic mass is 9.73. The maximum absolute atomic E-state index is 6.80. The zero-order valence-corrected chi connectivity index (χ0v) is 13.0. The normalized spacial score (nSPS) is 19.8. The average molecular weight is 283 g/mol. The number of nitrogens with two attached hydrogens (primary N) is 1. The number of benzene rings is 1. The van der Waals surface area contributed by atoms with Gasteiger partial charge in [-0.3, -0.25) is 4.98 Å². The molecule has 1 saturated carbocycles. The lowest BCUT2D eigenvalue weighted by Gasteiger charge is -2.47. The molecular formula is C18H25N3. The summed E-state index contributed by atoms with van der Waals surface area (Å²) in [6.07, 6.45) is 8.08. The van der Waals surface area contributed by atoms with E-state index >= 15 is 0 Å². The molecule has 1 heterocycles. The first-order valence-electron chi connectivity index (χ1n) is 7.92. The molecular weight excluding hydrogens is 258 g/mol. The Hall–Kier alpha value is -1.45. The molecule has 1 aliphatic rings. The highest BCUT2D eigenvalue weighted by atomic mass is 15.2. The molecule has 2 aromatic rings. The molecule has 0 aliphatic heterocycles.